The molecule has 0 radical (unpaired) electrons. The SMILES string of the molecule is COc1ccc(CCN2C(=O)c3oc4ccc(Br)cc4c(=O)c3C2c2cccc(O)c2)cc1. The maximum atomic E-state index is 13.5. The van der Waals surface area contributed by atoms with Crippen LogP contribution in [0.3, 0.4) is 0 Å². The summed E-state index contributed by atoms with van der Waals surface area (Å²) in [5.41, 5.74) is 2.09. The number of fused-ring (bicyclic) bond motifs is 2. The fourth-order valence-electron chi connectivity index (χ4n) is 4.31. The standard InChI is InChI=1S/C26H20BrNO5/c1-32-19-8-5-15(6-9-19)11-12-28-23(16-3-2-4-18(29)13-16)22-24(30)20-14-17(27)7-10-21(20)33-25(22)26(28)31/h2-10,13-14,23,29H,11-12H2,1H3. The third-order valence-corrected chi connectivity index (χ3v) is 6.41. The summed E-state index contributed by atoms with van der Waals surface area (Å²) in [6.45, 7) is 0.370. The predicted octanol–water partition coefficient (Wildman–Crippen LogP) is 5.06. The van der Waals surface area contributed by atoms with E-state index in [4.69, 9.17) is 9.15 Å². The van der Waals surface area contributed by atoms with Gasteiger partial charge in [-0.2, -0.15) is 0 Å². The van der Waals surface area contributed by atoms with Crippen molar-refractivity contribution < 1.29 is 19.1 Å². The van der Waals surface area contributed by atoms with E-state index < -0.39 is 6.04 Å². The van der Waals surface area contributed by atoms with Gasteiger partial charge in [-0.1, -0.05) is 40.2 Å². The summed E-state index contributed by atoms with van der Waals surface area (Å²) in [6, 6.07) is 18.8. The van der Waals surface area contributed by atoms with Crippen LogP contribution < -0.4 is 10.2 Å². The molecule has 7 heteroatoms. The number of aromatic hydroxyl groups is 1. The Kier molecular flexibility index (Phi) is 5.42. The summed E-state index contributed by atoms with van der Waals surface area (Å²) in [7, 11) is 1.61. The van der Waals surface area contributed by atoms with Crippen LogP contribution >= 0.6 is 15.9 Å². The van der Waals surface area contributed by atoms with Gasteiger partial charge in [0.05, 0.1) is 24.1 Å². The number of methoxy groups -OCH3 is 1. The van der Waals surface area contributed by atoms with E-state index in [1.807, 2.05) is 24.3 Å². The van der Waals surface area contributed by atoms with Crippen molar-refractivity contribution in [2.45, 2.75) is 12.5 Å². The minimum absolute atomic E-state index is 0.0536. The van der Waals surface area contributed by atoms with Crippen LogP contribution in [0.1, 0.15) is 33.3 Å². The molecule has 1 atom stereocenters. The van der Waals surface area contributed by atoms with Crippen molar-refractivity contribution in [2.75, 3.05) is 13.7 Å². The number of ether oxygens (including phenoxy) is 1. The average molecular weight is 506 g/mol. The molecular weight excluding hydrogens is 486 g/mol. The van der Waals surface area contributed by atoms with E-state index in [2.05, 4.69) is 15.9 Å². The summed E-state index contributed by atoms with van der Waals surface area (Å²) in [5, 5.41) is 10.5. The number of phenols is 1. The number of halogens is 1. The maximum absolute atomic E-state index is 13.5. The molecule has 33 heavy (non-hydrogen) atoms. The third kappa shape index (κ3) is 3.78. The van der Waals surface area contributed by atoms with E-state index in [-0.39, 0.29) is 22.8 Å². The molecule has 0 aliphatic carbocycles. The fourth-order valence-corrected chi connectivity index (χ4v) is 4.67. The molecule has 1 aromatic heterocycles. The Morgan fingerprint density at radius 1 is 1.06 bits per heavy atom. The van der Waals surface area contributed by atoms with Crippen molar-refractivity contribution in [3.63, 3.8) is 0 Å². The largest absolute Gasteiger partial charge is 0.508 e. The molecule has 1 amide bonds. The Bertz CT molecular complexity index is 1430. The molecule has 0 spiro atoms. The lowest BCUT2D eigenvalue weighted by Gasteiger charge is -2.25. The molecule has 0 fully saturated rings. The summed E-state index contributed by atoms with van der Waals surface area (Å²) in [6.07, 6.45) is 0.582. The average Bonchev–Trinajstić information content (AvgIpc) is 3.10. The van der Waals surface area contributed by atoms with Crippen LogP contribution in [0.25, 0.3) is 11.0 Å². The van der Waals surface area contributed by atoms with E-state index in [0.29, 0.717) is 35.1 Å². The van der Waals surface area contributed by atoms with Gasteiger partial charge in [0, 0.05) is 11.0 Å². The van der Waals surface area contributed by atoms with Gasteiger partial charge in [0.2, 0.25) is 5.76 Å². The number of hydrogen-bond donors (Lipinski definition) is 1. The number of amides is 1. The van der Waals surface area contributed by atoms with Crippen molar-refractivity contribution in [3.8, 4) is 11.5 Å². The van der Waals surface area contributed by atoms with Gasteiger partial charge in [-0.3, -0.25) is 9.59 Å². The quantitative estimate of drug-likeness (QED) is 0.410. The smallest absolute Gasteiger partial charge is 0.290 e. The second-order valence-electron chi connectivity index (χ2n) is 7.91. The fraction of sp³-hybridized carbons (Fsp3) is 0.154. The van der Waals surface area contributed by atoms with Crippen molar-refractivity contribution >= 4 is 32.8 Å². The number of carbonyl (C=O) groups excluding carboxylic acids is 1. The van der Waals surface area contributed by atoms with E-state index in [1.165, 1.54) is 0 Å². The zero-order valence-electron chi connectivity index (χ0n) is 17.7. The zero-order valence-corrected chi connectivity index (χ0v) is 19.3. The lowest BCUT2D eigenvalue weighted by Crippen LogP contribution is -2.31. The molecular formula is C26H20BrNO5. The predicted molar refractivity (Wildman–Crippen MR) is 128 cm³/mol. The second-order valence-corrected chi connectivity index (χ2v) is 8.82. The van der Waals surface area contributed by atoms with Gasteiger partial charge in [-0.05, 0) is 60.0 Å². The molecule has 3 aromatic carbocycles. The van der Waals surface area contributed by atoms with Crippen LogP contribution in [0.2, 0.25) is 0 Å². The molecule has 6 nitrogen and oxygen atoms in total. The normalized spacial score (nSPS) is 15.2. The van der Waals surface area contributed by atoms with Gasteiger partial charge in [0.25, 0.3) is 5.91 Å². The second kappa shape index (κ2) is 8.41. The summed E-state index contributed by atoms with van der Waals surface area (Å²) in [4.78, 5) is 28.6. The number of carbonyl (C=O) groups is 1. The first-order valence-electron chi connectivity index (χ1n) is 10.5. The molecule has 5 rings (SSSR count). The minimum Gasteiger partial charge on any atom is -0.508 e. The molecule has 1 aliphatic rings. The topological polar surface area (TPSA) is 80.0 Å². The van der Waals surface area contributed by atoms with Gasteiger partial charge in [0.15, 0.2) is 5.43 Å². The molecule has 1 unspecified atom stereocenters. The van der Waals surface area contributed by atoms with Gasteiger partial charge in [0.1, 0.15) is 17.1 Å². The molecule has 0 bridgehead atoms. The number of benzene rings is 3. The highest BCUT2D eigenvalue weighted by Crippen LogP contribution is 2.39. The Morgan fingerprint density at radius 2 is 1.85 bits per heavy atom. The number of nitrogens with zero attached hydrogens (tertiary/aromatic N) is 1. The number of rotatable bonds is 5. The van der Waals surface area contributed by atoms with Crippen molar-refractivity contribution in [1.82, 2.24) is 4.90 Å². The molecule has 0 saturated carbocycles. The first-order valence-corrected chi connectivity index (χ1v) is 11.2. The van der Waals surface area contributed by atoms with Crippen molar-refractivity contribution in [3.05, 3.63) is 104 Å². The Labute approximate surface area is 198 Å². The van der Waals surface area contributed by atoms with Gasteiger partial charge in [-0.15, -0.1) is 0 Å². The maximum Gasteiger partial charge on any atom is 0.290 e. The van der Waals surface area contributed by atoms with E-state index in [9.17, 15) is 14.7 Å². The summed E-state index contributed by atoms with van der Waals surface area (Å²) >= 11 is 3.40. The minimum atomic E-state index is -0.655. The van der Waals surface area contributed by atoms with E-state index in [1.54, 1.807) is 54.5 Å². The van der Waals surface area contributed by atoms with Gasteiger partial charge in [-0.25, -0.2) is 0 Å². The van der Waals surface area contributed by atoms with Crippen LogP contribution in [0.5, 0.6) is 11.5 Å². The number of phenolic OH excluding ortho intramolecular Hbond substituents is 1. The molecule has 4 aromatic rings. The molecule has 0 saturated heterocycles. The summed E-state index contributed by atoms with van der Waals surface area (Å²) in [5.74, 6) is 0.539. The first-order chi connectivity index (χ1) is 16.0. The molecule has 1 aliphatic heterocycles. The Hall–Kier alpha value is -3.58. The Balaban J connectivity index is 1.61. The summed E-state index contributed by atoms with van der Waals surface area (Å²) < 4.78 is 11.9. The lowest BCUT2D eigenvalue weighted by atomic mass is 9.98. The number of hydrogen-bond acceptors (Lipinski definition) is 5. The van der Waals surface area contributed by atoms with Crippen molar-refractivity contribution in [1.29, 1.82) is 0 Å². The van der Waals surface area contributed by atoms with Crippen LogP contribution in [0, 0.1) is 0 Å². The van der Waals surface area contributed by atoms with E-state index in [0.717, 1.165) is 15.8 Å². The highest BCUT2D eigenvalue weighted by atomic mass is 79.9. The van der Waals surface area contributed by atoms with Crippen LogP contribution in [0.15, 0.2) is 80.4 Å². The molecule has 166 valence electrons. The first kappa shape index (κ1) is 21.3. The highest BCUT2D eigenvalue weighted by Gasteiger charge is 2.42. The van der Waals surface area contributed by atoms with Crippen LogP contribution in [-0.4, -0.2) is 29.6 Å². The zero-order chi connectivity index (χ0) is 23.1. The van der Waals surface area contributed by atoms with Gasteiger partial charge >= 0.3 is 0 Å². The monoisotopic (exact) mass is 505 g/mol. The lowest BCUT2D eigenvalue weighted by molar-refractivity contribution is 0.0730. The van der Waals surface area contributed by atoms with E-state index >= 15 is 0 Å². The Morgan fingerprint density at radius 3 is 2.58 bits per heavy atom. The van der Waals surface area contributed by atoms with Crippen LogP contribution in [0.4, 0.5) is 0 Å². The molecule has 1 N–H and O–H groups in total. The van der Waals surface area contributed by atoms with Crippen molar-refractivity contribution in [2.24, 2.45) is 0 Å². The molecule has 2 heterocycles. The van der Waals surface area contributed by atoms with Crippen LogP contribution in [-0.2, 0) is 6.42 Å². The third-order valence-electron chi connectivity index (χ3n) is 5.91. The van der Waals surface area contributed by atoms with Gasteiger partial charge < -0.3 is 19.2 Å². The highest BCUT2D eigenvalue weighted by molar-refractivity contribution is 9.10.